The number of ether oxygens (including phenoxy) is 1. The maximum atomic E-state index is 15.1. The zero-order valence-corrected chi connectivity index (χ0v) is 20.9. The molecule has 2 fully saturated rings. The number of anilines is 2. The van der Waals surface area contributed by atoms with Gasteiger partial charge in [0.2, 0.25) is 11.8 Å². The molecule has 4 rings (SSSR count). The van der Waals surface area contributed by atoms with Crippen LogP contribution in [0.5, 0.6) is 5.75 Å². The lowest BCUT2D eigenvalue weighted by molar-refractivity contribution is -0.127. The van der Waals surface area contributed by atoms with E-state index < -0.39 is 18.0 Å². The molecular formula is C27H31FN4O5. The van der Waals surface area contributed by atoms with Crippen LogP contribution in [0.2, 0.25) is 0 Å². The Labute approximate surface area is 215 Å². The Hall–Kier alpha value is -4.08. The van der Waals surface area contributed by atoms with Gasteiger partial charge in [0.25, 0.3) is 0 Å². The molecule has 9 nitrogen and oxygen atoms in total. The van der Waals surface area contributed by atoms with E-state index in [1.54, 1.807) is 47.4 Å². The minimum Gasteiger partial charge on any atom is -0.508 e. The Morgan fingerprint density at radius 1 is 1.19 bits per heavy atom. The van der Waals surface area contributed by atoms with Crippen LogP contribution in [-0.2, 0) is 14.3 Å². The second kappa shape index (κ2) is 11.3. The zero-order valence-electron chi connectivity index (χ0n) is 20.9. The van der Waals surface area contributed by atoms with E-state index in [1.807, 2.05) is 11.9 Å². The van der Waals surface area contributed by atoms with Gasteiger partial charge in [-0.25, -0.2) is 9.18 Å². The minimum atomic E-state index is -0.577. The Balaban J connectivity index is 1.32. The highest BCUT2D eigenvalue weighted by Crippen LogP contribution is 2.30. The molecule has 2 aromatic carbocycles. The molecule has 196 valence electrons. The van der Waals surface area contributed by atoms with E-state index in [0.29, 0.717) is 37.3 Å². The number of carbonyl (C=O) groups is 3. The molecule has 10 heteroatoms. The molecule has 0 spiro atoms. The van der Waals surface area contributed by atoms with E-state index in [9.17, 15) is 19.5 Å². The lowest BCUT2D eigenvalue weighted by Crippen LogP contribution is -2.45. The van der Waals surface area contributed by atoms with Gasteiger partial charge in [0, 0.05) is 39.2 Å². The molecule has 1 atom stereocenters. The van der Waals surface area contributed by atoms with Gasteiger partial charge in [0.15, 0.2) is 0 Å². The molecule has 0 bridgehead atoms. The number of cyclic esters (lactones) is 1. The van der Waals surface area contributed by atoms with Gasteiger partial charge in [-0.3, -0.25) is 14.5 Å². The molecule has 2 saturated heterocycles. The van der Waals surface area contributed by atoms with Gasteiger partial charge in [0.05, 0.1) is 24.5 Å². The fourth-order valence-corrected chi connectivity index (χ4v) is 4.57. The largest absolute Gasteiger partial charge is 0.508 e. The van der Waals surface area contributed by atoms with Crippen LogP contribution in [0.25, 0.3) is 6.08 Å². The summed E-state index contributed by atoms with van der Waals surface area (Å²) >= 11 is 0. The minimum absolute atomic E-state index is 0.0595. The number of rotatable bonds is 7. The fraction of sp³-hybridized carbons (Fsp3) is 0.370. The van der Waals surface area contributed by atoms with Crippen LogP contribution >= 0.6 is 0 Å². The SMILES string of the molecule is CC(=O)NC[C@H]1CN(c2ccc(N(C)C3CCN(C(=O)/C=C/c4ccc(O)cc4)CC3)c(F)c2)C(=O)O1. The Bertz CT molecular complexity index is 1180. The number of halogens is 1. The molecule has 37 heavy (non-hydrogen) atoms. The standard InChI is InChI=1S/C27H31FN4O5/c1-18(33)29-16-23-17-32(27(36)37-23)21-6-9-25(24(28)15-21)30(2)20-11-13-31(14-12-20)26(35)10-5-19-3-7-22(34)8-4-19/h3-10,15,20,23,34H,11-14,16-17H2,1-2H3,(H,29,33)/b10-5+/t23-/m0/s1. The van der Waals surface area contributed by atoms with Crippen LogP contribution in [0.1, 0.15) is 25.3 Å². The van der Waals surface area contributed by atoms with Gasteiger partial charge in [-0.2, -0.15) is 0 Å². The first-order valence-electron chi connectivity index (χ1n) is 12.2. The maximum Gasteiger partial charge on any atom is 0.414 e. The van der Waals surface area contributed by atoms with Crippen LogP contribution in [0.15, 0.2) is 48.5 Å². The molecule has 2 N–H and O–H groups in total. The third-order valence-corrected chi connectivity index (χ3v) is 6.71. The number of nitrogens with one attached hydrogen (secondary N) is 1. The Morgan fingerprint density at radius 3 is 2.54 bits per heavy atom. The van der Waals surface area contributed by atoms with Crippen LogP contribution < -0.4 is 15.1 Å². The molecule has 3 amide bonds. The molecule has 0 radical (unpaired) electrons. The monoisotopic (exact) mass is 510 g/mol. The summed E-state index contributed by atoms with van der Waals surface area (Å²) in [5, 5.41) is 12.0. The molecule has 0 unspecified atom stereocenters. The van der Waals surface area contributed by atoms with Crippen molar-refractivity contribution in [2.45, 2.75) is 31.9 Å². The summed E-state index contributed by atoms with van der Waals surface area (Å²) < 4.78 is 20.4. The van der Waals surface area contributed by atoms with Gasteiger partial charge in [0.1, 0.15) is 17.7 Å². The highest BCUT2D eigenvalue weighted by molar-refractivity contribution is 5.92. The van der Waals surface area contributed by atoms with Crippen molar-refractivity contribution >= 4 is 35.4 Å². The van der Waals surface area contributed by atoms with E-state index in [-0.39, 0.29) is 36.7 Å². The number of amides is 3. The van der Waals surface area contributed by atoms with E-state index in [2.05, 4.69) is 5.32 Å². The summed E-state index contributed by atoms with van der Waals surface area (Å²) in [6.07, 6.45) is 3.56. The van der Waals surface area contributed by atoms with Crippen molar-refractivity contribution in [3.05, 3.63) is 59.9 Å². The lowest BCUT2D eigenvalue weighted by atomic mass is 10.0. The summed E-state index contributed by atoms with van der Waals surface area (Å²) in [4.78, 5) is 40.9. The van der Waals surface area contributed by atoms with Crippen LogP contribution in [0.3, 0.4) is 0 Å². The Morgan fingerprint density at radius 2 is 1.89 bits per heavy atom. The average Bonchev–Trinajstić information content (AvgIpc) is 3.27. The lowest BCUT2D eigenvalue weighted by Gasteiger charge is -2.37. The number of phenols is 1. The normalized spacial score (nSPS) is 18.2. The van der Waals surface area contributed by atoms with Crippen molar-refractivity contribution in [2.75, 3.05) is 43.0 Å². The van der Waals surface area contributed by atoms with Crippen molar-refractivity contribution < 1.29 is 28.6 Å². The van der Waals surface area contributed by atoms with Crippen molar-refractivity contribution in [2.24, 2.45) is 0 Å². The predicted octanol–water partition coefficient (Wildman–Crippen LogP) is 3.13. The second-order valence-corrected chi connectivity index (χ2v) is 9.28. The first-order valence-corrected chi connectivity index (χ1v) is 12.2. The fourth-order valence-electron chi connectivity index (χ4n) is 4.57. The molecule has 2 heterocycles. The molecule has 0 aromatic heterocycles. The topological polar surface area (TPSA) is 102 Å². The number of benzene rings is 2. The molecule has 0 saturated carbocycles. The van der Waals surface area contributed by atoms with Gasteiger partial charge < -0.3 is 25.0 Å². The van der Waals surface area contributed by atoms with Gasteiger partial charge >= 0.3 is 6.09 Å². The second-order valence-electron chi connectivity index (χ2n) is 9.28. The summed E-state index contributed by atoms with van der Waals surface area (Å²) in [6.45, 7) is 2.93. The van der Waals surface area contributed by atoms with Crippen LogP contribution in [-0.4, -0.2) is 73.3 Å². The highest BCUT2D eigenvalue weighted by Gasteiger charge is 2.33. The summed E-state index contributed by atoms with van der Waals surface area (Å²) in [5.41, 5.74) is 1.64. The number of likely N-dealkylation sites (tertiary alicyclic amines) is 1. The van der Waals surface area contributed by atoms with Crippen molar-refractivity contribution in [1.29, 1.82) is 0 Å². The van der Waals surface area contributed by atoms with Crippen LogP contribution in [0.4, 0.5) is 20.6 Å². The van der Waals surface area contributed by atoms with Gasteiger partial charge in [-0.1, -0.05) is 12.1 Å². The van der Waals surface area contributed by atoms with Gasteiger partial charge in [-0.05, 0) is 54.8 Å². The smallest absolute Gasteiger partial charge is 0.414 e. The number of aromatic hydroxyl groups is 1. The predicted molar refractivity (Wildman–Crippen MR) is 138 cm³/mol. The zero-order chi connectivity index (χ0) is 26.5. The number of piperidine rings is 1. The average molecular weight is 511 g/mol. The highest BCUT2D eigenvalue weighted by atomic mass is 19.1. The van der Waals surface area contributed by atoms with Gasteiger partial charge in [-0.15, -0.1) is 0 Å². The molecule has 2 aromatic rings. The summed E-state index contributed by atoms with van der Waals surface area (Å²) in [5.74, 6) is -0.576. The molecular weight excluding hydrogens is 479 g/mol. The quantitative estimate of drug-likeness (QED) is 0.555. The first-order chi connectivity index (χ1) is 17.7. The first kappa shape index (κ1) is 26.0. The molecule has 2 aliphatic rings. The maximum absolute atomic E-state index is 15.1. The van der Waals surface area contributed by atoms with E-state index in [1.165, 1.54) is 24.0 Å². The molecule has 2 aliphatic heterocycles. The third-order valence-electron chi connectivity index (χ3n) is 6.71. The number of carbonyl (C=O) groups excluding carboxylic acids is 3. The Kier molecular flexibility index (Phi) is 7.95. The summed E-state index contributed by atoms with van der Waals surface area (Å²) in [6, 6.07) is 11.3. The molecule has 0 aliphatic carbocycles. The van der Waals surface area contributed by atoms with Crippen LogP contribution in [0, 0.1) is 5.82 Å². The number of phenolic OH excluding ortho intramolecular Hbond substituents is 1. The van der Waals surface area contributed by atoms with Crippen molar-refractivity contribution in [3.63, 3.8) is 0 Å². The van der Waals surface area contributed by atoms with E-state index >= 15 is 4.39 Å². The van der Waals surface area contributed by atoms with E-state index in [4.69, 9.17) is 4.74 Å². The van der Waals surface area contributed by atoms with E-state index in [0.717, 1.165) is 5.56 Å². The number of hydrogen-bond acceptors (Lipinski definition) is 6. The number of nitrogens with zero attached hydrogens (tertiary/aromatic N) is 3. The third kappa shape index (κ3) is 6.38. The van der Waals surface area contributed by atoms with Crippen molar-refractivity contribution in [1.82, 2.24) is 10.2 Å². The summed E-state index contributed by atoms with van der Waals surface area (Å²) in [7, 11) is 1.83. The van der Waals surface area contributed by atoms with Crippen molar-refractivity contribution in [3.8, 4) is 5.75 Å². The number of hydrogen-bond donors (Lipinski definition) is 2.